The van der Waals surface area contributed by atoms with Crippen LogP contribution >= 0.6 is 0 Å². The molecule has 0 aliphatic carbocycles. The third-order valence-electron chi connectivity index (χ3n) is 1.92. The highest BCUT2D eigenvalue weighted by atomic mass is 16.6. The number of nitrogens with two attached hydrogens (primary N) is 2. The Morgan fingerprint density at radius 3 is 2.72 bits per heavy atom. The molecule has 96 valence electrons. The molecule has 9 heteroatoms. The average molecular weight is 252 g/mol. The van der Waals surface area contributed by atoms with Crippen molar-refractivity contribution in [3.05, 3.63) is 34.4 Å². The molecule has 0 aliphatic rings. The zero-order valence-corrected chi connectivity index (χ0v) is 9.29. The topological polar surface area (TPSA) is 149 Å². The Hall–Kier alpha value is -2.68. The number of benzene rings is 1. The number of nitro groups is 1. The molecule has 1 aromatic carbocycles. The first-order chi connectivity index (χ1) is 8.54. The van der Waals surface area contributed by atoms with Gasteiger partial charge in [-0.2, -0.15) is 5.10 Å². The fourth-order valence-electron chi connectivity index (χ4n) is 1.11. The molecule has 18 heavy (non-hydrogen) atoms. The molecule has 0 radical (unpaired) electrons. The normalized spacial score (nSPS) is 10.8. The van der Waals surface area contributed by atoms with E-state index in [2.05, 4.69) is 10.5 Å². The van der Waals surface area contributed by atoms with Crippen molar-refractivity contribution in [1.82, 2.24) is 5.43 Å². The number of amides is 1. The van der Waals surface area contributed by atoms with Crippen LogP contribution in [0.1, 0.15) is 6.42 Å². The van der Waals surface area contributed by atoms with Crippen molar-refractivity contribution >= 4 is 23.1 Å². The number of hydrazone groups is 1. The van der Waals surface area contributed by atoms with Crippen molar-refractivity contribution < 1.29 is 9.72 Å². The van der Waals surface area contributed by atoms with Crippen LogP contribution in [0.3, 0.4) is 0 Å². The summed E-state index contributed by atoms with van der Waals surface area (Å²) in [6.07, 6.45) is -0.204. The van der Waals surface area contributed by atoms with Crippen LogP contribution in [0.2, 0.25) is 0 Å². The lowest BCUT2D eigenvalue weighted by Gasteiger charge is -2.03. The third-order valence-corrected chi connectivity index (χ3v) is 1.92. The molecule has 0 saturated heterocycles. The van der Waals surface area contributed by atoms with Crippen LogP contribution in [-0.4, -0.2) is 16.7 Å². The van der Waals surface area contributed by atoms with E-state index in [0.29, 0.717) is 0 Å². The van der Waals surface area contributed by atoms with Gasteiger partial charge in [0.1, 0.15) is 11.5 Å². The summed E-state index contributed by atoms with van der Waals surface area (Å²) in [6, 6.07) is 5.92. The molecule has 6 N–H and O–H groups in total. The molecule has 0 unspecified atom stereocenters. The van der Waals surface area contributed by atoms with Gasteiger partial charge in [0.05, 0.1) is 11.3 Å². The number of para-hydroxylation sites is 2. The van der Waals surface area contributed by atoms with Crippen LogP contribution in [0.5, 0.6) is 0 Å². The second-order valence-corrected chi connectivity index (χ2v) is 3.23. The van der Waals surface area contributed by atoms with Crippen LogP contribution in [-0.2, 0) is 4.79 Å². The van der Waals surface area contributed by atoms with E-state index in [1.807, 2.05) is 5.43 Å². The summed E-state index contributed by atoms with van der Waals surface area (Å²) in [6.45, 7) is 0. The van der Waals surface area contributed by atoms with Gasteiger partial charge in [0, 0.05) is 6.07 Å². The Kier molecular flexibility index (Phi) is 4.58. The van der Waals surface area contributed by atoms with Crippen molar-refractivity contribution in [1.29, 1.82) is 0 Å². The number of rotatable bonds is 5. The molecule has 0 heterocycles. The van der Waals surface area contributed by atoms with Gasteiger partial charge >= 0.3 is 0 Å². The van der Waals surface area contributed by atoms with E-state index >= 15 is 0 Å². The van der Waals surface area contributed by atoms with Crippen molar-refractivity contribution in [2.24, 2.45) is 16.7 Å². The van der Waals surface area contributed by atoms with E-state index in [4.69, 9.17) is 11.6 Å². The third kappa shape index (κ3) is 3.72. The fraction of sp³-hybridized carbons (Fsp3) is 0.111. The highest BCUT2D eigenvalue weighted by molar-refractivity contribution is 5.99. The predicted molar refractivity (Wildman–Crippen MR) is 65.3 cm³/mol. The van der Waals surface area contributed by atoms with Crippen molar-refractivity contribution in [2.75, 3.05) is 5.43 Å². The fourth-order valence-corrected chi connectivity index (χ4v) is 1.11. The molecule has 0 aromatic heterocycles. The number of hydrogen-bond donors (Lipinski definition) is 4. The Balaban J connectivity index is 2.76. The smallest absolute Gasteiger partial charge is 0.294 e. The monoisotopic (exact) mass is 252 g/mol. The highest BCUT2D eigenvalue weighted by Crippen LogP contribution is 2.22. The number of amidine groups is 1. The van der Waals surface area contributed by atoms with Crippen LogP contribution in [0.15, 0.2) is 29.4 Å². The molecule has 0 aliphatic heterocycles. The lowest BCUT2D eigenvalue weighted by molar-refractivity contribution is -0.384. The zero-order chi connectivity index (χ0) is 13.5. The Morgan fingerprint density at radius 1 is 1.44 bits per heavy atom. The van der Waals surface area contributed by atoms with Crippen molar-refractivity contribution in [3.8, 4) is 0 Å². The van der Waals surface area contributed by atoms with Crippen molar-refractivity contribution in [2.45, 2.75) is 6.42 Å². The van der Waals surface area contributed by atoms with Gasteiger partial charge < -0.3 is 5.73 Å². The summed E-state index contributed by atoms with van der Waals surface area (Å²) in [4.78, 5) is 21.0. The van der Waals surface area contributed by atoms with Gasteiger partial charge in [-0.25, -0.2) is 5.84 Å². The quantitative estimate of drug-likeness (QED) is 0.141. The molecule has 0 saturated carbocycles. The summed E-state index contributed by atoms with van der Waals surface area (Å²) in [7, 11) is 0. The summed E-state index contributed by atoms with van der Waals surface area (Å²) in [5, 5.41) is 14.3. The van der Waals surface area contributed by atoms with Crippen LogP contribution in [0.4, 0.5) is 11.4 Å². The van der Waals surface area contributed by atoms with Crippen LogP contribution in [0.25, 0.3) is 0 Å². The number of nitrogens with one attached hydrogen (secondary N) is 2. The molecular weight excluding hydrogens is 240 g/mol. The molecule has 0 atom stereocenters. The maximum atomic E-state index is 10.9. The number of hydrogen-bond acceptors (Lipinski definition) is 6. The number of anilines is 1. The molecule has 0 bridgehead atoms. The van der Waals surface area contributed by atoms with E-state index in [0.717, 1.165) is 0 Å². The molecule has 1 amide bonds. The van der Waals surface area contributed by atoms with E-state index in [-0.39, 0.29) is 23.6 Å². The minimum atomic E-state index is -0.555. The Labute approximate surface area is 102 Å². The van der Waals surface area contributed by atoms with E-state index in [1.54, 1.807) is 6.07 Å². The van der Waals surface area contributed by atoms with Gasteiger partial charge in [-0.3, -0.25) is 25.8 Å². The van der Waals surface area contributed by atoms with Gasteiger partial charge in [0.25, 0.3) is 5.69 Å². The lowest BCUT2D eigenvalue weighted by Crippen LogP contribution is -2.33. The lowest BCUT2D eigenvalue weighted by atomic mass is 10.3. The maximum Gasteiger partial charge on any atom is 0.294 e. The number of carbonyl (C=O) groups is 1. The maximum absolute atomic E-state index is 10.9. The molecule has 0 fully saturated rings. The second-order valence-electron chi connectivity index (χ2n) is 3.23. The Morgan fingerprint density at radius 2 is 2.11 bits per heavy atom. The highest BCUT2D eigenvalue weighted by Gasteiger charge is 2.11. The molecular formula is C9H12N6O3. The summed E-state index contributed by atoms with van der Waals surface area (Å²) in [5.41, 5.74) is 9.78. The van der Waals surface area contributed by atoms with Gasteiger partial charge in [-0.15, -0.1) is 0 Å². The van der Waals surface area contributed by atoms with Gasteiger partial charge in [-0.05, 0) is 6.07 Å². The molecule has 0 spiro atoms. The van der Waals surface area contributed by atoms with Crippen LogP contribution in [0, 0.1) is 10.1 Å². The Bertz CT molecular complexity index is 487. The van der Waals surface area contributed by atoms with Gasteiger partial charge in [0.2, 0.25) is 5.91 Å². The van der Waals surface area contributed by atoms with E-state index in [1.165, 1.54) is 18.2 Å². The SMILES string of the molecule is NNC(=O)C/C(N)=N\Nc1ccccc1[N+](=O)[O-]. The van der Waals surface area contributed by atoms with Gasteiger partial charge in [-0.1, -0.05) is 12.1 Å². The largest absolute Gasteiger partial charge is 0.385 e. The standard InChI is InChI=1S/C9H12N6O3/c10-8(5-9(16)12-11)14-13-6-3-1-2-4-7(6)15(17)18/h1-4,13H,5,11H2,(H2,10,14)(H,12,16). The van der Waals surface area contributed by atoms with Crippen LogP contribution < -0.4 is 22.4 Å². The minimum absolute atomic E-state index is 0.0453. The molecule has 1 aromatic rings. The zero-order valence-electron chi connectivity index (χ0n) is 9.29. The summed E-state index contributed by atoms with van der Waals surface area (Å²) in [5.74, 6) is 4.31. The van der Waals surface area contributed by atoms with Crippen molar-refractivity contribution in [3.63, 3.8) is 0 Å². The van der Waals surface area contributed by atoms with Gasteiger partial charge in [0.15, 0.2) is 0 Å². The second kappa shape index (κ2) is 6.15. The average Bonchev–Trinajstić information content (AvgIpc) is 2.36. The summed E-state index contributed by atoms with van der Waals surface area (Å²) >= 11 is 0. The molecule has 9 nitrogen and oxygen atoms in total. The minimum Gasteiger partial charge on any atom is -0.385 e. The number of nitrogens with zero attached hydrogens (tertiary/aromatic N) is 2. The summed E-state index contributed by atoms with van der Waals surface area (Å²) < 4.78 is 0. The molecule has 1 rings (SSSR count). The first-order valence-electron chi connectivity index (χ1n) is 4.85. The first kappa shape index (κ1) is 13.4. The number of hydrazine groups is 1. The van der Waals surface area contributed by atoms with E-state index < -0.39 is 10.8 Å². The first-order valence-corrected chi connectivity index (χ1v) is 4.85. The predicted octanol–water partition coefficient (Wildman–Crippen LogP) is -0.341. The number of carbonyl (C=O) groups excluding carboxylic acids is 1. The number of nitro benzene ring substituents is 1. The van der Waals surface area contributed by atoms with E-state index in [9.17, 15) is 14.9 Å².